The van der Waals surface area contributed by atoms with Gasteiger partial charge in [0.2, 0.25) is 5.78 Å². The fourth-order valence-electron chi connectivity index (χ4n) is 1.50. The maximum absolute atomic E-state index is 11.8. The van der Waals surface area contributed by atoms with Gasteiger partial charge in [-0.1, -0.05) is 0 Å². The Morgan fingerprint density at radius 3 is 3.14 bits per heavy atom. The van der Waals surface area contributed by atoms with Crippen molar-refractivity contribution >= 4 is 17.4 Å². The van der Waals surface area contributed by atoms with E-state index in [-0.39, 0.29) is 5.56 Å². The number of fused-ring (bicyclic) bond motifs is 1. The molecule has 0 amide bonds. The Kier molecular flexibility index (Phi) is 2.29. The summed E-state index contributed by atoms with van der Waals surface area (Å²) in [5.74, 6) is 1.02. The Morgan fingerprint density at radius 2 is 2.43 bits per heavy atom. The maximum atomic E-state index is 11.8. The van der Waals surface area contributed by atoms with Crippen LogP contribution in [0.4, 0.5) is 0 Å². The van der Waals surface area contributed by atoms with Crippen LogP contribution in [-0.2, 0) is 6.42 Å². The number of aryl methyl sites for hydroxylation is 1. The summed E-state index contributed by atoms with van der Waals surface area (Å²) in [4.78, 5) is 18.9. The molecule has 74 valence electrons. The molecule has 4 nitrogen and oxygen atoms in total. The summed E-state index contributed by atoms with van der Waals surface area (Å²) in [7, 11) is 0. The smallest absolute Gasteiger partial charge is 0.262 e. The number of nitrogens with zero attached hydrogens (tertiary/aromatic N) is 2. The number of imidazole rings is 1. The van der Waals surface area contributed by atoms with Crippen LogP contribution < -0.4 is 5.56 Å². The molecule has 0 aromatic carbocycles. The van der Waals surface area contributed by atoms with E-state index in [9.17, 15) is 4.79 Å². The monoisotopic (exact) mass is 211 g/mol. The van der Waals surface area contributed by atoms with Gasteiger partial charge in [-0.15, -0.1) is 11.6 Å². The van der Waals surface area contributed by atoms with E-state index in [0.717, 1.165) is 11.3 Å². The molecule has 0 aliphatic rings. The van der Waals surface area contributed by atoms with Gasteiger partial charge >= 0.3 is 0 Å². The quantitative estimate of drug-likeness (QED) is 0.757. The third-order valence-corrected chi connectivity index (χ3v) is 2.40. The van der Waals surface area contributed by atoms with Crippen molar-refractivity contribution in [3.8, 4) is 0 Å². The van der Waals surface area contributed by atoms with Gasteiger partial charge in [0.1, 0.15) is 0 Å². The predicted octanol–water partition coefficient (Wildman–Crippen LogP) is 1.11. The first-order valence-electron chi connectivity index (χ1n) is 4.35. The van der Waals surface area contributed by atoms with Crippen LogP contribution in [0.1, 0.15) is 11.3 Å². The number of rotatable bonds is 2. The molecule has 2 heterocycles. The Hall–Kier alpha value is -1.29. The zero-order valence-electron chi connectivity index (χ0n) is 7.75. The Bertz CT molecular complexity index is 514. The van der Waals surface area contributed by atoms with E-state index in [4.69, 9.17) is 11.6 Å². The van der Waals surface area contributed by atoms with Crippen LogP contribution in [0.2, 0.25) is 0 Å². The summed E-state index contributed by atoms with van der Waals surface area (Å²) < 4.78 is 1.49. The zero-order chi connectivity index (χ0) is 10.1. The standard InChI is InChI=1S/C9H10ClN3O/c1-6-7(2-3-10)8(14)13-5-4-11-9(13)12-6/h4-5H,2-3H2,1H3,(H,11,12). The Balaban J connectivity index is 2.76. The molecule has 0 saturated carbocycles. The number of aromatic amines is 1. The molecule has 0 atom stereocenters. The molecule has 14 heavy (non-hydrogen) atoms. The fourth-order valence-corrected chi connectivity index (χ4v) is 1.69. The van der Waals surface area contributed by atoms with Crippen LogP contribution in [0.5, 0.6) is 0 Å². The highest BCUT2D eigenvalue weighted by Crippen LogP contribution is 2.03. The summed E-state index contributed by atoms with van der Waals surface area (Å²) in [6.45, 7) is 1.86. The highest BCUT2D eigenvalue weighted by atomic mass is 35.5. The normalized spacial score (nSPS) is 11.0. The van der Waals surface area contributed by atoms with Crippen LogP contribution in [-0.4, -0.2) is 20.2 Å². The van der Waals surface area contributed by atoms with Crippen molar-refractivity contribution in [2.24, 2.45) is 0 Å². The molecular formula is C9H10ClN3O. The molecule has 2 aromatic rings. The minimum atomic E-state index is -0.0330. The van der Waals surface area contributed by atoms with E-state index in [2.05, 4.69) is 9.97 Å². The molecule has 0 unspecified atom stereocenters. The maximum Gasteiger partial charge on any atom is 0.262 e. The third-order valence-electron chi connectivity index (χ3n) is 2.21. The third kappa shape index (κ3) is 1.32. The lowest BCUT2D eigenvalue weighted by molar-refractivity contribution is 0.942. The van der Waals surface area contributed by atoms with Gasteiger partial charge in [0.05, 0.1) is 0 Å². The second kappa shape index (κ2) is 3.46. The summed E-state index contributed by atoms with van der Waals surface area (Å²) in [5, 5.41) is 0. The predicted molar refractivity (Wildman–Crippen MR) is 55.0 cm³/mol. The molecule has 0 fully saturated rings. The number of nitrogens with one attached hydrogen (secondary N) is 1. The first kappa shape index (κ1) is 9.27. The minimum Gasteiger partial charge on any atom is -0.329 e. The zero-order valence-corrected chi connectivity index (χ0v) is 8.51. The molecule has 0 saturated heterocycles. The van der Waals surface area contributed by atoms with Gasteiger partial charge in [0, 0.05) is 29.5 Å². The molecule has 2 rings (SSSR count). The fraction of sp³-hybridized carbons (Fsp3) is 0.333. The lowest BCUT2D eigenvalue weighted by Gasteiger charge is -2.03. The number of hydrogen-bond acceptors (Lipinski definition) is 2. The van der Waals surface area contributed by atoms with Crippen molar-refractivity contribution in [3.05, 3.63) is 34.0 Å². The number of alkyl halides is 1. The van der Waals surface area contributed by atoms with Gasteiger partial charge in [-0.3, -0.25) is 9.20 Å². The van der Waals surface area contributed by atoms with Crippen molar-refractivity contribution < 1.29 is 0 Å². The van der Waals surface area contributed by atoms with Gasteiger partial charge < -0.3 is 4.98 Å². The first-order valence-corrected chi connectivity index (χ1v) is 4.88. The van der Waals surface area contributed by atoms with E-state index >= 15 is 0 Å². The number of hydrogen-bond donors (Lipinski definition) is 1. The SMILES string of the molecule is Cc1[nH]c2nccn2c(=O)c1CCCl. The van der Waals surface area contributed by atoms with Crippen LogP contribution in [0.25, 0.3) is 5.78 Å². The van der Waals surface area contributed by atoms with E-state index in [1.807, 2.05) is 6.92 Å². The molecular weight excluding hydrogens is 202 g/mol. The van der Waals surface area contributed by atoms with Crippen molar-refractivity contribution in [3.63, 3.8) is 0 Å². The van der Waals surface area contributed by atoms with Gasteiger partial charge in [-0.25, -0.2) is 4.98 Å². The van der Waals surface area contributed by atoms with Gasteiger partial charge in [0.25, 0.3) is 5.56 Å². The topological polar surface area (TPSA) is 50.2 Å². The van der Waals surface area contributed by atoms with Gasteiger partial charge in [-0.05, 0) is 13.3 Å². The van der Waals surface area contributed by atoms with Gasteiger partial charge in [-0.2, -0.15) is 0 Å². The first-order chi connectivity index (χ1) is 6.74. The van der Waals surface area contributed by atoms with E-state index < -0.39 is 0 Å². The number of H-pyrrole nitrogens is 1. The minimum absolute atomic E-state index is 0.0330. The summed E-state index contributed by atoms with van der Waals surface area (Å²) >= 11 is 5.63. The number of aromatic nitrogens is 3. The highest BCUT2D eigenvalue weighted by molar-refractivity contribution is 6.17. The number of halogens is 1. The summed E-state index contributed by atoms with van der Waals surface area (Å²) in [5.41, 5.74) is 1.54. The molecule has 0 aliphatic heterocycles. The average Bonchev–Trinajstić information content (AvgIpc) is 2.60. The second-order valence-corrected chi connectivity index (χ2v) is 3.47. The molecule has 1 N–H and O–H groups in total. The molecule has 5 heteroatoms. The molecule has 0 aliphatic carbocycles. The van der Waals surface area contributed by atoms with Crippen molar-refractivity contribution in [1.29, 1.82) is 0 Å². The molecule has 0 spiro atoms. The van der Waals surface area contributed by atoms with Crippen LogP contribution >= 0.6 is 11.6 Å². The highest BCUT2D eigenvalue weighted by Gasteiger charge is 2.08. The Labute approximate surface area is 85.5 Å². The lowest BCUT2D eigenvalue weighted by Crippen LogP contribution is -2.20. The largest absolute Gasteiger partial charge is 0.329 e. The van der Waals surface area contributed by atoms with Crippen LogP contribution in [0, 0.1) is 6.92 Å². The van der Waals surface area contributed by atoms with Crippen molar-refractivity contribution in [2.75, 3.05) is 5.88 Å². The van der Waals surface area contributed by atoms with E-state index in [1.54, 1.807) is 12.4 Å². The van der Waals surface area contributed by atoms with E-state index in [0.29, 0.717) is 18.1 Å². The molecule has 0 bridgehead atoms. The molecule has 2 aromatic heterocycles. The summed E-state index contributed by atoms with van der Waals surface area (Å²) in [6, 6.07) is 0. The Morgan fingerprint density at radius 1 is 1.64 bits per heavy atom. The van der Waals surface area contributed by atoms with Crippen molar-refractivity contribution in [2.45, 2.75) is 13.3 Å². The van der Waals surface area contributed by atoms with Crippen LogP contribution in [0.3, 0.4) is 0 Å². The molecule has 0 radical (unpaired) electrons. The van der Waals surface area contributed by atoms with Crippen LogP contribution in [0.15, 0.2) is 17.2 Å². The summed E-state index contributed by atoms with van der Waals surface area (Å²) in [6.07, 6.45) is 3.82. The van der Waals surface area contributed by atoms with Crippen molar-refractivity contribution in [1.82, 2.24) is 14.4 Å². The lowest BCUT2D eigenvalue weighted by atomic mass is 10.2. The van der Waals surface area contributed by atoms with E-state index in [1.165, 1.54) is 4.40 Å². The average molecular weight is 212 g/mol. The second-order valence-electron chi connectivity index (χ2n) is 3.09. The van der Waals surface area contributed by atoms with Gasteiger partial charge in [0.15, 0.2) is 0 Å².